The number of nitrogens with zero attached hydrogens (tertiary/aromatic N) is 2. The van der Waals surface area contributed by atoms with Crippen molar-refractivity contribution < 1.29 is 9.53 Å². The second-order valence-electron chi connectivity index (χ2n) is 10.2. The van der Waals surface area contributed by atoms with Gasteiger partial charge in [0.15, 0.2) is 0 Å². The Morgan fingerprint density at radius 2 is 1.59 bits per heavy atom. The second kappa shape index (κ2) is 9.35. The van der Waals surface area contributed by atoms with Crippen LogP contribution >= 0.6 is 7.92 Å². The van der Waals surface area contributed by atoms with Crippen molar-refractivity contribution in [1.29, 1.82) is 0 Å². The summed E-state index contributed by atoms with van der Waals surface area (Å²) in [4.78, 5) is 20.5. The maximum atomic E-state index is 13.5. The predicted octanol–water partition coefficient (Wildman–Crippen LogP) is 4.59. The fourth-order valence-electron chi connectivity index (χ4n) is 4.57. The molecule has 0 aromatic heterocycles. The zero-order chi connectivity index (χ0) is 22.9. The Kier molecular flexibility index (Phi) is 6.72. The van der Waals surface area contributed by atoms with Crippen LogP contribution < -0.4 is 10.6 Å². The van der Waals surface area contributed by atoms with E-state index in [9.17, 15) is 4.79 Å². The number of hydrogen-bond donors (Lipinski definition) is 0. The number of carbonyl (C=O) groups excluding carboxylic acids is 1. The molecule has 0 N–H and O–H groups in total. The van der Waals surface area contributed by atoms with E-state index >= 15 is 0 Å². The molecule has 0 radical (unpaired) electrons. The molecule has 2 heterocycles. The summed E-state index contributed by atoms with van der Waals surface area (Å²) in [5, 5.41) is 2.72. The predicted molar refractivity (Wildman–Crippen MR) is 134 cm³/mol. The number of carbonyl (C=O) groups is 1. The largest absolute Gasteiger partial charge is 0.477 e. The van der Waals surface area contributed by atoms with Crippen LogP contribution in [0.4, 0.5) is 0 Å². The van der Waals surface area contributed by atoms with Gasteiger partial charge in [0.2, 0.25) is 11.8 Å². The standard InChI is InChI=1S/C27H35N2O2P/c1-19(2)23-18-31-25(28-23)24-16-22(17-29(24)26(30)27(3,4)5)32(20-12-8-6-9-13-20)21-14-10-7-11-15-21/h6-15,19,22-24H,16-18H2,1-5H3/t22-,23+,24+/m0/s1. The second-order valence-corrected chi connectivity index (χ2v) is 12.7. The molecule has 5 heteroatoms. The first-order chi connectivity index (χ1) is 15.3. The van der Waals surface area contributed by atoms with Crippen LogP contribution in [0.3, 0.4) is 0 Å². The first kappa shape index (κ1) is 23.0. The first-order valence-corrected chi connectivity index (χ1v) is 13.1. The van der Waals surface area contributed by atoms with Gasteiger partial charge in [0.25, 0.3) is 0 Å². The molecule has 0 saturated carbocycles. The van der Waals surface area contributed by atoms with Crippen LogP contribution in [0.15, 0.2) is 65.7 Å². The smallest absolute Gasteiger partial charge is 0.228 e. The van der Waals surface area contributed by atoms with Gasteiger partial charge in [-0.15, -0.1) is 0 Å². The molecule has 1 fully saturated rings. The molecule has 4 rings (SSSR count). The van der Waals surface area contributed by atoms with E-state index in [2.05, 4.69) is 79.4 Å². The summed E-state index contributed by atoms with van der Waals surface area (Å²) in [7, 11) is -0.608. The third-order valence-electron chi connectivity index (χ3n) is 6.36. The number of aliphatic imine (C=N–C) groups is 1. The van der Waals surface area contributed by atoms with Crippen molar-refractivity contribution in [3.63, 3.8) is 0 Å². The SMILES string of the molecule is CC(C)[C@H]1COC([C@H]2C[C@H](P(c3ccccc3)c3ccccc3)CN2C(=O)C(C)(C)C)=N1. The van der Waals surface area contributed by atoms with Gasteiger partial charge >= 0.3 is 0 Å². The monoisotopic (exact) mass is 450 g/mol. The minimum absolute atomic E-state index is 0.0760. The van der Waals surface area contributed by atoms with Gasteiger partial charge in [-0.2, -0.15) is 0 Å². The molecular weight excluding hydrogens is 415 g/mol. The maximum absolute atomic E-state index is 13.5. The Hall–Kier alpha value is -2.19. The molecular formula is C27H35N2O2P. The fraction of sp³-hybridized carbons (Fsp3) is 0.481. The molecule has 0 unspecified atom stereocenters. The van der Waals surface area contributed by atoms with E-state index < -0.39 is 13.3 Å². The van der Waals surface area contributed by atoms with Crippen molar-refractivity contribution in [3.05, 3.63) is 60.7 Å². The summed E-state index contributed by atoms with van der Waals surface area (Å²) in [5.41, 5.74) is -0.0815. The third kappa shape index (κ3) is 4.76. The molecule has 1 saturated heterocycles. The normalized spacial score (nSPS) is 23.5. The van der Waals surface area contributed by atoms with E-state index in [1.165, 1.54) is 10.6 Å². The minimum atomic E-state index is -0.608. The summed E-state index contributed by atoms with van der Waals surface area (Å²) in [6.07, 6.45) is 0.890. The molecule has 1 amide bonds. The van der Waals surface area contributed by atoms with Gasteiger partial charge in [-0.3, -0.25) is 4.79 Å². The van der Waals surface area contributed by atoms with Crippen LogP contribution in [0.5, 0.6) is 0 Å². The van der Waals surface area contributed by atoms with Gasteiger partial charge in [-0.25, -0.2) is 4.99 Å². The zero-order valence-corrected chi connectivity index (χ0v) is 20.8. The highest BCUT2D eigenvalue weighted by Gasteiger charge is 2.46. The van der Waals surface area contributed by atoms with Crippen molar-refractivity contribution in [3.8, 4) is 0 Å². The average Bonchev–Trinajstić information content (AvgIpc) is 3.42. The molecule has 2 aromatic rings. The lowest BCUT2D eigenvalue weighted by atomic mass is 9.94. The topological polar surface area (TPSA) is 41.9 Å². The van der Waals surface area contributed by atoms with Crippen LogP contribution in [0, 0.1) is 11.3 Å². The van der Waals surface area contributed by atoms with Gasteiger partial charge in [0.1, 0.15) is 12.6 Å². The van der Waals surface area contributed by atoms with Crippen LogP contribution in [0.2, 0.25) is 0 Å². The molecule has 2 aliphatic rings. The zero-order valence-electron chi connectivity index (χ0n) is 19.9. The summed E-state index contributed by atoms with van der Waals surface area (Å²) in [6, 6.07) is 21.7. The quantitative estimate of drug-likeness (QED) is 0.626. The Morgan fingerprint density at radius 1 is 1.03 bits per heavy atom. The Bertz CT molecular complexity index is 913. The molecule has 4 nitrogen and oxygen atoms in total. The van der Waals surface area contributed by atoms with E-state index in [0.717, 1.165) is 18.9 Å². The third-order valence-corrected chi connectivity index (χ3v) is 9.18. The molecule has 0 aliphatic carbocycles. The fourth-order valence-corrected chi connectivity index (χ4v) is 7.45. The molecule has 0 bridgehead atoms. The van der Waals surface area contributed by atoms with Gasteiger partial charge in [-0.1, -0.05) is 95.3 Å². The molecule has 2 aliphatic heterocycles. The minimum Gasteiger partial charge on any atom is -0.477 e. The van der Waals surface area contributed by atoms with E-state index in [1.54, 1.807) is 0 Å². The Labute approximate surface area is 193 Å². The Balaban J connectivity index is 1.71. The number of amides is 1. The van der Waals surface area contributed by atoms with E-state index in [4.69, 9.17) is 9.73 Å². The van der Waals surface area contributed by atoms with Crippen molar-refractivity contribution >= 4 is 30.3 Å². The van der Waals surface area contributed by atoms with Crippen molar-refractivity contribution in [2.75, 3.05) is 13.2 Å². The van der Waals surface area contributed by atoms with E-state index in [0.29, 0.717) is 18.2 Å². The highest BCUT2D eigenvalue weighted by atomic mass is 31.1. The molecule has 170 valence electrons. The summed E-state index contributed by atoms with van der Waals surface area (Å²) in [6.45, 7) is 11.7. The summed E-state index contributed by atoms with van der Waals surface area (Å²) < 4.78 is 6.11. The number of rotatable bonds is 5. The van der Waals surface area contributed by atoms with Gasteiger partial charge in [-0.05, 0) is 30.9 Å². The van der Waals surface area contributed by atoms with Crippen LogP contribution in [-0.2, 0) is 9.53 Å². The van der Waals surface area contributed by atoms with Crippen molar-refractivity contribution in [2.45, 2.75) is 58.8 Å². The van der Waals surface area contributed by atoms with Gasteiger partial charge in [0, 0.05) is 17.6 Å². The molecule has 3 atom stereocenters. The Morgan fingerprint density at radius 3 is 2.06 bits per heavy atom. The molecule has 32 heavy (non-hydrogen) atoms. The average molecular weight is 451 g/mol. The number of hydrogen-bond acceptors (Lipinski definition) is 3. The van der Waals surface area contributed by atoms with Crippen LogP contribution in [0.25, 0.3) is 0 Å². The maximum Gasteiger partial charge on any atom is 0.228 e. The van der Waals surface area contributed by atoms with Crippen molar-refractivity contribution in [2.24, 2.45) is 16.3 Å². The van der Waals surface area contributed by atoms with Gasteiger partial charge < -0.3 is 9.64 Å². The van der Waals surface area contributed by atoms with Gasteiger partial charge in [0.05, 0.1) is 6.04 Å². The highest BCUT2D eigenvalue weighted by molar-refractivity contribution is 7.73. The lowest BCUT2D eigenvalue weighted by molar-refractivity contribution is -0.139. The lowest BCUT2D eigenvalue weighted by Gasteiger charge is -2.31. The van der Waals surface area contributed by atoms with E-state index in [-0.39, 0.29) is 18.0 Å². The first-order valence-electron chi connectivity index (χ1n) is 11.7. The van der Waals surface area contributed by atoms with Crippen LogP contribution in [0.1, 0.15) is 41.0 Å². The summed E-state index contributed by atoms with van der Waals surface area (Å²) >= 11 is 0. The van der Waals surface area contributed by atoms with Crippen molar-refractivity contribution in [1.82, 2.24) is 4.90 Å². The molecule has 2 aromatic carbocycles. The van der Waals surface area contributed by atoms with Crippen LogP contribution in [-0.4, -0.2) is 47.6 Å². The summed E-state index contributed by atoms with van der Waals surface area (Å²) in [5.74, 6) is 1.38. The number of benzene rings is 2. The number of likely N-dealkylation sites (tertiary alicyclic amines) is 1. The van der Waals surface area contributed by atoms with E-state index in [1.807, 2.05) is 20.8 Å². The lowest BCUT2D eigenvalue weighted by Crippen LogP contribution is -2.46. The molecule has 0 spiro atoms. The number of ether oxygens (including phenoxy) is 1. The highest BCUT2D eigenvalue weighted by Crippen LogP contribution is 2.46.